The summed E-state index contributed by atoms with van der Waals surface area (Å²) in [5, 5.41) is 10.9. The smallest absolute Gasteiger partial charge is 0.338 e. The van der Waals surface area contributed by atoms with Crippen molar-refractivity contribution in [2.75, 3.05) is 6.61 Å². The van der Waals surface area contributed by atoms with Gasteiger partial charge in [-0.25, -0.2) is 4.79 Å². The van der Waals surface area contributed by atoms with Crippen LogP contribution >= 0.6 is 0 Å². The molecule has 0 aliphatic heterocycles. The van der Waals surface area contributed by atoms with Crippen molar-refractivity contribution < 1.29 is 14.6 Å². The molecule has 176 valence electrons. The van der Waals surface area contributed by atoms with Gasteiger partial charge in [-0.05, 0) is 79.9 Å². The Morgan fingerprint density at radius 1 is 1.19 bits per heavy atom. The maximum Gasteiger partial charge on any atom is 0.338 e. The molecule has 0 amide bonds. The second-order valence-corrected chi connectivity index (χ2v) is 9.79. The average molecular weight is 439 g/mol. The topological polar surface area (TPSA) is 46.5 Å². The Hall–Kier alpha value is -2.29. The Morgan fingerprint density at radius 2 is 1.88 bits per heavy atom. The van der Waals surface area contributed by atoms with Crippen molar-refractivity contribution in [2.45, 2.75) is 92.4 Å². The molecular weight excluding hydrogens is 396 g/mol. The molecule has 2 rings (SSSR count). The minimum absolute atomic E-state index is 0.0170. The molecule has 0 atom stereocenters. The fourth-order valence-corrected chi connectivity index (χ4v) is 4.82. The number of benzene rings is 1. The molecule has 0 saturated carbocycles. The van der Waals surface area contributed by atoms with Gasteiger partial charge in [0.25, 0.3) is 0 Å². The van der Waals surface area contributed by atoms with Gasteiger partial charge in [0.15, 0.2) is 0 Å². The number of unbranched alkanes of at least 4 members (excludes halogenated alkanes) is 5. The van der Waals surface area contributed by atoms with Crippen LogP contribution in [0.2, 0.25) is 0 Å². The summed E-state index contributed by atoms with van der Waals surface area (Å²) in [6, 6.07) is 5.16. The second kappa shape index (κ2) is 12.1. The predicted molar refractivity (Wildman–Crippen MR) is 135 cm³/mol. The van der Waals surface area contributed by atoms with Crippen LogP contribution in [0.15, 0.2) is 47.6 Å². The summed E-state index contributed by atoms with van der Waals surface area (Å²) in [5.74, 6) is -0.267. The minimum Gasteiger partial charge on any atom is -0.507 e. The third-order valence-electron chi connectivity index (χ3n) is 6.64. The largest absolute Gasteiger partial charge is 0.507 e. The van der Waals surface area contributed by atoms with Crippen LogP contribution in [0.25, 0.3) is 5.57 Å². The molecule has 1 aliphatic carbocycles. The SMILES string of the molecule is C=CC(C)=C(C1=C(C)CCCC1(C)C)c1ccc(C(=O)OCCCCCCCC)cc1O. The number of phenols is 1. The normalized spacial score (nSPS) is 16.5. The summed E-state index contributed by atoms with van der Waals surface area (Å²) < 4.78 is 5.44. The Labute approximate surface area is 195 Å². The maximum atomic E-state index is 12.5. The maximum absolute atomic E-state index is 12.5. The van der Waals surface area contributed by atoms with Crippen LogP contribution < -0.4 is 0 Å². The number of hydrogen-bond donors (Lipinski definition) is 1. The Balaban J connectivity index is 2.20. The van der Waals surface area contributed by atoms with Crippen LogP contribution in [0, 0.1) is 5.41 Å². The van der Waals surface area contributed by atoms with Crippen molar-refractivity contribution in [3.63, 3.8) is 0 Å². The first kappa shape index (κ1) is 26.0. The summed E-state index contributed by atoms with van der Waals surface area (Å²) in [6.45, 7) is 15.4. The van der Waals surface area contributed by atoms with Crippen molar-refractivity contribution in [1.82, 2.24) is 0 Å². The van der Waals surface area contributed by atoms with Gasteiger partial charge >= 0.3 is 5.97 Å². The van der Waals surface area contributed by atoms with E-state index in [9.17, 15) is 9.90 Å². The molecule has 1 aromatic rings. The molecule has 0 unspecified atom stereocenters. The zero-order valence-electron chi connectivity index (χ0n) is 20.9. The van der Waals surface area contributed by atoms with Gasteiger partial charge < -0.3 is 9.84 Å². The van der Waals surface area contributed by atoms with Gasteiger partial charge in [-0.1, -0.05) is 71.1 Å². The van der Waals surface area contributed by atoms with E-state index in [1.165, 1.54) is 43.3 Å². The number of hydrogen-bond acceptors (Lipinski definition) is 3. The number of rotatable bonds is 11. The third kappa shape index (κ3) is 6.60. The number of carbonyl (C=O) groups excluding carboxylic acids is 1. The van der Waals surface area contributed by atoms with Gasteiger partial charge in [-0.2, -0.15) is 0 Å². The average Bonchev–Trinajstić information content (AvgIpc) is 2.75. The Bertz CT molecular complexity index is 870. The number of allylic oxidation sites excluding steroid dienone is 5. The minimum atomic E-state index is -0.375. The van der Waals surface area contributed by atoms with E-state index in [0.717, 1.165) is 42.4 Å². The molecule has 0 radical (unpaired) electrons. The van der Waals surface area contributed by atoms with E-state index in [-0.39, 0.29) is 17.1 Å². The van der Waals surface area contributed by atoms with Crippen LogP contribution in [-0.4, -0.2) is 17.7 Å². The highest BCUT2D eigenvalue weighted by molar-refractivity contribution is 5.93. The summed E-state index contributed by atoms with van der Waals surface area (Å²) in [5.41, 5.74) is 5.87. The van der Waals surface area contributed by atoms with Crippen molar-refractivity contribution in [1.29, 1.82) is 0 Å². The lowest BCUT2D eigenvalue weighted by atomic mass is 9.68. The molecule has 0 saturated heterocycles. The van der Waals surface area contributed by atoms with E-state index in [1.54, 1.807) is 12.1 Å². The molecule has 0 spiro atoms. The fraction of sp³-hybridized carbons (Fsp3) is 0.552. The molecule has 0 aromatic heterocycles. The van der Waals surface area contributed by atoms with Crippen molar-refractivity contribution in [3.05, 3.63) is 58.7 Å². The van der Waals surface area contributed by atoms with E-state index >= 15 is 0 Å². The van der Waals surface area contributed by atoms with Gasteiger partial charge in [0.1, 0.15) is 5.75 Å². The Morgan fingerprint density at radius 3 is 2.50 bits per heavy atom. The number of esters is 1. The van der Waals surface area contributed by atoms with Gasteiger partial charge in [0.05, 0.1) is 12.2 Å². The number of aromatic hydroxyl groups is 1. The molecule has 0 bridgehead atoms. The van der Waals surface area contributed by atoms with Crippen molar-refractivity contribution in [3.8, 4) is 5.75 Å². The van der Waals surface area contributed by atoms with E-state index < -0.39 is 0 Å². The van der Waals surface area contributed by atoms with Gasteiger partial charge in [0, 0.05) is 5.56 Å². The molecule has 0 heterocycles. The zero-order chi connectivity index (χ0) is 23.7. The van der Waals surface area contributed by atoms with E-state index in [4.69, 9.17) is 4.74 Å². The van der Waals surface area contributed by atoms with E-state index in [1.807, 2.05) is 19.1 Å². The number of carbonyl (C=O) groups is 1. The molecule has 1 aromatic carbocycles. The first-order chi connectivity index (χ1) is 15.2. The zero-order valence-corrected chi connectivity index (χ0v) is 20.9. The Kier molecular flexibility index (Phi) is 9.81. The van der Waals surface area contributed by atoms with Crippen LogP contribution in [0.1, 0.15) is 108 Å². The highest BCUT2D eigenvalue weighted by atomic mass is 16.5. The molecule has 3 nitrogen and oxygen atoms in total. The van der Waals surface area contributed by atoms with Crippen LogP contribution in [0.5, 0.6) is 5.75 Å². The van der Waals surface area contributed by atoms with Gasteiger partial charge in [-0.3, -0.25) is 0 Å². The van der Waals surface area contributed by atoms with Gasteiger partial charge in [0.2, 0.25) is 0 Å². The summed E-state index contributed by atoms with van der Waals surface area (Å²) in [7, 11) is 0. The number of phenolic OH excluding ortho intramolecular Hbond substituents is 1. The summed E-state index contributed by atoms with van der Waals surface area (Å²) in [6.07, 6.45) is 12.1. The lowest BCUT2D eigenvalue weighted by Gasteiger charge is -2.37. The molecule has 1 aliphatic rings. The lowest BCUT2D eigenvalue weighted by molar-refractivity contribution is 0.0497. The summed E-state index contributed by atoms with van der Waals surface area (Å²) >= 11 is 0. The standard InChI is InChI=1S/C29H42O3/c1-7-9-10-11-12-13-19-32-28(31)23-16-17-24(25(30)20-23)26(21(3)8-2)27-22(4)15-14-18-29(27,5)6/h8,16-17,20,30H,2,7,9-15,18-19H2,1,3-6H3. The van der Waals surface area contributed by atoms with Crippen LogP contribution in [-0.2, 0) is 4.74 Å². The first-order valence-electron chi connectivity index (χ1n) is 12.3. The van der Waals surface area contributed by atoms with E-state index in [0.29, 0.717) is 12.2 Å². The van der Waals surface area contributed by atoms with Gasteiger partial charge in [-0.15, -0.1) is 0 Å². The molecule has 1 N–H and O–H groups in total. The quantitative estimate of drug-likeness (QED) is 0.214. The van der Waals surface area contributed by atoms with Crippen molar-refractivity contribution in [2.24, 2.45) is 5.41 Å². The molecule has 3 heteroatoms. The van der Waals surface area contributed by atoms with Crippen LogP contribution in [0.4, 0.5) is 0 Å². The number of ether oxygens (including phenoxy) is 1. The molecular formula is C29H42O3. The lowest BCUT2D eigenvalue weighted by Crippen LogP contribution is -2.22. The monoisotopic (exact) mass is 438 g/mol. The van der Waals surface area contributed by atoms with Crippen molar-refractivity contribution >= 4 is 11.5 Å². The second-order valence-electron chi connectivity index (χ2n) is 9.79. The molecule has 0 fully saturated rings. The fourth-order valence-electron chi connectivity index (χ4n) is 4.82. The van der Waals surface area contributed by atoms with Crippen LogP contribution in [0.3, 0.4) is 0 Å². The predicted octanol–water partition coefficient (Wildman–Crippen LogP) is 8.40. The molecule has 32 heavy (non-hydrogen) atoms. The first-order valence-corrected chi connectivity index (χ1v) is 12.3. The third-order valence-corrected chi connectivity index (χ3v) is 6.64. The van der Waals surface area contributed by atoms with E-state index in [2.05, 4.69) is 34.3 Å². The summed E-state index contributed by atoms with van der Waals surface area (Å²) in [4.78, 5) is 12.5. The highest BCUT2D eigenvalue weighted by Gasteiger charge is 2.32. The highest BCUT2D eigenvalue weighted by Crippen LogP contribution is 2.49.